The van der Waals surface area contributed by atoms with Crippen molar-refractivity contribution in [2.45, 2.75) is 25.8 Å². The molecule has 3 aromatic rings. The Balaban J connectivity index is 1.45. The van der Waals surface area contributed by atoms with Crippen LogP contribution in [0.1, 0.15) is 22.8 Å². The summed E-state index contributed by atoms with van der Waals surface area (Å²) in [7, 11) is 1.60. The second-order valence-electron chi connectivity index (χ2n) is 6.26. The molecule has 1 amide bonds. The molecule has 2 aromatic carbocycles. The van der Waals surface area contributed by atoms with Crippen molar-refractivity contribution in [2.75, 3.05) is 12.9 Å². The van der Waals surface area contributed by atoms with Crippen molar-refractivity contribution >= 4 is 17.7 Å². The molecule has 0 saturated carbocycles. The molecule has 0 bridgehead atoms. The van der Waals surface area contributed by atoms with Gasteiger partial charge in [0.1, 0.15) is 6.61 Å². The highest BCUT2D eigenvalue weighted by Crippen LogP contribution is 2.28. The van der Waals surface area contributed by atoms with E-state index in [1.54, 1.807) is 14.0 Å². The van der Waals surface area contributed by atoms with E-state index in [0.29, 0.717) is 47.9 Å². The molecule has 0 saturated heterocycles. The summed E-state index contributed by atoms with van der Waals surface area (Å²) < 4.78 is 16.2. The SMILES string of the molecule is COc1cc(CNC(=O)CSCc2noc(C)n2)ccc1OCc1ccccc1. The van der Waals surface area contributed by atoms with Crippen LogP contribution in [0.25, 0.3) is 0 Å². The molecule has 0 aliphatic carbocycles. The van der Waals surface area contributed by atoms with Crippen molar-refractivity contribution in [1.82, 2.24) is 15.5 Å². The molecular weight excluding hydrogens is 390 g/mol. The minimum absolute atomic E-state index is 0.0569. The molecule has 0 spiro atoms. The van der Waals surface area contributed by atoms with E-state index in [2.05, 4.69) is 15.5 Å². The van der Waals surface area contributed by atoms with E-state index < -0.39 is 0 Å². The lowest BCUT2D eigenvalue weighted by molar-refractivity contribution is -0.118. The van der Waals surface area contributed by atoms with E-state index in [0.717, 1.165) is 11.1 Å². The van der Waals surface area contributed by atoms with Crippen molar-refractivity contribution in [3.05, 3.63) is 71.4 Å². The monoisotopic (exact) mass is 413 g/mol. The number of carbonyl (C=O) groups is 1. The van der Waals surface area contributed by atoms with Crippen LogP contribution in [0.15, 0.2) is 53.1 Å². The number of carbonyl (C=O) groups excluding carboxylic acids is 1. The smallest absolute Gasteiger partial charge is 0.230 e. The first-order chi connectivity index (χ1) is 14.1. The predicted molar refractivity (Wildman–Crippen MR) is 111 cm³/mol. The van der Waals surface area contributed by atoms with Crippen LogP contribution in [0.4, 0.5) is 0 Å². The van der Waals surface area contributed by atoms with E-state index in [4.69, 9.17) is 14.0 Å². The van der Waals surface area contributed by atoms with Gasteiger partial charge in [-0.25, -0.2) is 0 Å². The summed E-state index contributed by atoms with van der Waals surface area (Å²) >= 11 is 1.44. The van der Waals surface area contributed by atoms with Crippen LogP contribution in [-0.2, 0) is 23.7 Å². The second-order valence-corrected chi connectivity index (χ2v) is 7.24. The summed E-state index contributed by atoms with van der Waals surface area (Å²) in [6, 6.07) is 15.6. The zero-order valence-corrected chi connectivity index (χ0v) is 17.2. The molecule has 1 aromatic heterocycles. The molecule has 1 heterocycles. The Kier molecular flexibility index (Phi) is 7.52. The van der Waals surface area contributed by atoms with E-state index in [9.17, 15) is 4.79 Å². The molecule has 3 rings (SSSR count). The average Bonchev–Trinajstić information content (AvgIpc) is 3.16. The number of methoxy groups -OCH3 is 1. The maximum absolute atomic E-state index is 12.0. The third-order valence-electron chi connectivity index (χ3n) is 3.99. The maximum Gasteiger partial charge on any atom is 0.230 e. The van der Waals surface area contributed by atoms with Gasteiger partial charge in [-0.05, 0) is 23.3 Å². The lowest BCUT2D eigenvalue weighted by atomic mass is 10.2. The molecule has 0 aliphatic rings. The Morgan fingerprint density at radius 1 is 1.14 bits per heavy atom. The summed E-state index contributed by atoms with van der Waals surface area (Å²) in [5.74, 6) is 3.21. The molecule has 0 atom stereocenters. The van der Waals surface area contributed by atoms with Gasteiger partial charge in [0, 0.05) is 13.5 Å². The van der Waals surface area contributed by atoms with Crippen LogP contribution in [0.5, 0.6) is 11.5 Å². The molecule has 1 N–H and O–H groups in total. The topological polar surface area (TPSA) is 86.5 Å². The highest BCUT2D eigenvalue weighted by atomic mass is 32.2. The first kappa shape index (κ1) is 20.7. The van der Waals surface area contributed by atoms with Gasteiger partial charge in [-0.2, -0.15) is 4.98 Å². The largest absolute Gasteiger partial charge is 0.493 e. The van der Waals surface area contributed by atoms with Crippen LogP contribution < -0.4 is 14.8 Å². The van der Waals surface area contributed by atoms with Gasteiger partial charge in [0.25, 0.3) is 0 Å². The predicted octanol–water partition coefficient (Wildman–Crippen LogP) is 3.52. The fraction of sp³-hybridized carbons (Fsp3) is 0.286. The van der Waals surface area contributed by atoms with Gasteiger partial charge in [-0.3, -0.25) is 4.79 Å². The number of hydrogen-bond donors (Lipinski definition) is 1. The Morgan fingerprint density at radius 2 is 1.97 bits per heavy atom. The number of nitrogens with zero attached hydrogens (tertiary/aromatic N) is 2. The number of aromatic nitrogens is 2. The first-order valence-electron chi connectivity index (χ1n) is 9.11. The summed E-state index contributed by atoms with van der Waals surface area (Å²) in [5.41, 5.74) is 2.01. The van der Waals surface area contributed by atoms with Crippen LogP contribution in [0, 0.1) is 6.92 Å². The van der Waals surface area contributed by atoms with Gasteiger partial charge in [-0.1, -0.05) is 41.6 Å². The maximum atomic E-state index is 12.0. The molecule has 29 heavy (non-hydrogen) atoms. The van der Waals surface area contributed by atoms with E-state index in [1.807, 2.05) is 48.5 Å². The van der Waals surface area contributed by atoms with Gasteiger partial charge < -0.3 is 19.3 Å². The molecule has 0 radical (unpaired) electrons. The Labute approximate surface area is 173 Å². The number of nitrogens with one attached hydrogen (secondary N) is 1. The number of benzene rings is 2. The number of rotatable bonds is 10. The van der Waals surface area contributed by atoms with Crippen LogP contribution in [0.3, 0.4) is 0 Å². The molecule has 8 heteroatoms. The highest BCUT2D eigenvalue weighted by Gasteiger charge is 2.09. The molecule has 7 nitrogen and oxygen atoms in total. The summed E-state index contributed by atoms with van der Waals surface area (Å²) in [5, 5.41) is 6.70. The van der Waals surface area contributed by atoms with E-state index >= 15 is 0 Å². The lowest BCUT2D eigenvalue weighted by Crippen LogP contribution is -2.24. The summed E-state index contributed by atoms with van der Waals surface area (Å²) in [6.45, 7) is 2.61. The summed E-state index contributed by atoms with van der Waals surface area (Å²) in [4.78, 5) is 16.1. The molecule has 0 fully saturated rings. The quantitative estimate of drug-likeness (QED) is 0.544. The van der Waals surface area contributed by atoms with E-state index in [1.165, 1.54) is 11.8 Å². The second kappa shape index (κ2) is 10.5. The number of aryl methyl sites for hydroxylation is 1. The van der Waals surface area contributed by atoms with Gasteiger partial charge in [-0.15, -0.1) is 11.8 Å². The Hall–Kier alpha value is -3.00. The number of ether oxygens (including phenoxy) is 2. The molecule has 152 valence electrons. The van der Waals surface area contributed by atoms with E-state index in [-0.39, 0.29) is 5.91 Å². The van der Waals surface area contributed by atoms with Crippen molar-refractivity contribution in [3.63, 3.8) is 0 Å². The standard InChI is InChI=1S/C21H23N3O4S/c1-15-23-20(24-28-15)13-29-14-21(25)22-11-17-8-9-18(19(10-17)26-2)27-12-16-6-4-3-5-7-16/h3-10H,11-14H2,1-2H3,(H,22,25). The minimum Gasteiger partial charge on any atom is -0.493 e. The van der Waals surface area contributed by atoms with Gasteiger partial charge >= 0.3 is 0 Å². The molecule has 0 unspecified atom stereocenters. The van der Waals surface area contributed by atoms with Crippen LogP contribution >= 0.6 is 11.8 Å². The fourth-order valence-electron chi connectivity index (χ4n) is 2.56. The number of amides is 1. The Morgan fingerprint density at radius 3 is 2.69 bits per heavy atom. The van der Waals surface area contributed by atoms with Gasteiger partial charge in [0.05, 0.1) is 18.6 Å². The normalized spacial score (nSPS) is 10.6. The first-order valence-corrected chi connectivity index (χ1v) is 10.3. The minimum atomic E-state index is -0.0569. The van der Waals surface area contributed by atoms with Crippen molar-refractivity contribution in [3.8, 4) is 11.5 Å². The fourth-order valence-corrected chi connectivity index (χ4v) is 3.25. The Bertz CT molecular complexity index is 931. The number of thioether (sulfide) groups is 1. The number of hydrogen-bond acceptors (Lipinski definition) is 7. The van der Waals surface area contributed by atoms with Crippen molar-refractivity contribution < 1.29 is 18.8 Å². The average molecular weight is 413 g/mol. The molecular formula is C21H23N3O4S. The van der Waals surface area contributed by atoms with Gasteiger partial charge in [0.2, 0.25) is 11.8 Å². The third kappa shape index (κ3) is 6.53. The lowest BCUT2D eigenvalue weighted by Gasteiger charge is -2.13. The molecule has 0 aliphatic heterocycles. The van der Waals surface area contributed by atoms with Crippen molar-refractivity contribution in [1.29, 1.82) is 0 Å². The van der Waals surface area contributed by atoms with Crippen molar-refractivity contribution in [2.24, 2.45) is 0 Å². The summed E-state index contributed by atoms with van der Waals surface area (Å²) in [6.07, 6.45) is 0. The zero-order chi connectivity index (χ0) is 20.5. The van der Waals surface area contributed by atoms with Gasteiger partial charge in [0.15, 0.2) is 17.3 Å². The zero-order valence-electron chi connectivity index (χ0n) is 16.4. The van der Waals surface area contributed by atoms with Crippen LogP contribution in [-0.4, -0.2) is 28.9 Å². The third-order valence-corrected chi connectivity index (χ3v) is 4.92. The highest BCUT2D eigenvalue weighted by molar-refractivity contribution is 7.99. The van der Waals surface area contributed by atoms with Crippen LogP contribution in [0.2, 0.25) is 0 Å².